The maximum absolute atomic E-state index is 5.71. The average molecular weight is 599 g/mol. The Kier molecular flexibility index (Phi) is 12.2. The van der Waals surface area contributed by atoms with E-state index in [0.717, 1.165) is 38.5 Å². The first-order valence-corrected chi connectivity index (χ1v) is 15.2. The third-order valence-corrected chi connectivity index (χ3v) is 8.34. The van der Waals surface area contributed by atoms with Crippen LogP contribution in [0.2, 0.25) is 0 Å². The number of hydrogen-bond acceptors (Lipinski definition) is 6. The maximum atomic E-state index is 5.71. The van der Waals surface area contributed by atoms with E-state index in [4.69, 9.17) is 28.4 Å². The number of benzene rings is 4. The molecule has 234 valence electrons. The molecule has 0 bridgehead atoms. The minimum Gasteiger partial charge on any atom is -0.493 e. The van der Waals surface area contributed by atoms with E-state index in [0.29, 0.717) is 46.3 Å². The normalized spacial score (nSPS) is 12.2. The molecule has 4 aromatic rings. The van der Waals surface area contributed by atoms with Gasteiger partial charge in [0.05, 0.1) is 42.7 Å². The monoisotopic (exact) mass is 598 g/mol. The first-order chi connectivity index (χ1) is 21.5. The van der Waals surface area contributed by atoms with Crippen LogP contribution in [0.1, 0.15) is 35.1 Å². The van der Waals surface area contributed by atoms with E-state index in [2.05, 4.69) is 84.9 Å². The quantitative estimate of drug-likeness (QED) is 0.123. The summed E-state index contributed by atoms with van der Waals surface area (Å²) in [5.74, 6) is 4.78. The molecule has 0 radical (unpaired) electrons. The Bertz CT molecular complexity index is 1390. The van der Waals surface area contributed by atoms with Gasteiger partial charge in [0.1, 0.15) is 0 Å². The van der Waals surface area contributed by atoms with Crippen molar-refractivity contribution in [2.45, 2.75) is 38.5 Å². The van der Waals surface area contributed by atoms with Gasteiger partial charge in [0.2, 0.25) is 11.5 Å². The molecule has 0 aromatic heterocycles. The van der Waals surface area contributed by atoms with Crippen LogP contribution in [-0.2, 0) is 25.7 Å². The molecule has 0 aliphatic rings. The van der Waals surface area contributed by atoms with Gasteiger partial charge in [0, 0.05) is 0 Å². The lowest BCUT2D eigenvalue weighted by atomic mass is 9.76. The Labute approximate surface area is 262 Å². The SMILES string of the molecule is COc1cc(CCC[C@@H](Cc2ccccc2)[C@H](Cc2ccccc2)Cc2cc(OC)c(OC)c(OC)c2)cc(OC)c1OC. The van der Waals surface area contributed by atoms with E-state index in [1.54, 1.807) is 42.7 Å². The van der Waals surface area contributed by atoms with Crippen molar-refractivity contribution < 1.29 is 28.4 Å². The van der Waals surface area contributed by atoms with Gasteiger partial charge in [-0.25, -0.2) is 0 Å². The summed E-state index contributed by atoms with van der Waals surface area (Å²) < 4.78 is 33.8. The highest BCUT2D eigenvalue weighted by molar-refractivity contribution is 5.54. The third kappa shape index (κ3) is 8.40. The molecule has 0 fully saturated rings. The van der Waals surface area contributed by atoms with Crippen molar-refractivity contribution in [3.05, 3.63) is 107 Å². The van der Waals surface area contributed by atoms with Gasteiger partial charge in [-0.1, -0.05) is 60.7 Å². The molecule has 0 aliphatic heterocycles. The molecule has 6 heteroatoms. The van der Waals surface area contributed by atoms with Crippen molar-refractivity contribution in [3.8, 4) is 34.5 Å². The van der Waals surface area contributed by atoms with Crippen LogP contribution in [0.4, 0.5) is 0 Å². The first-order valence-electron chi connectivity index (χ1n) is 15.2. The smallest absolute Gasteiger partial charge is 0.203 e. The fourth-order valence-electron chi connectivity index (χ4n) is 6.15. The zero-order valence-electron chi connectivity index (χ0n) is 26.9. The second kappa shape index (κ2) is 16.5. The van der Waals surface area contributed by atoms with Gasteiger partial charge in [-0.2, -0.15) is 0 Å². The lowest BCUT2D eigenvalue weighted by Crippen LogP contribution is -2.23. The zero-order valence-corrected chi connectivity index (χ0v) is 26.9. The van der Waals surface area contributed by atoms with Gasteiger partial charge in [-0.05, 0) is 96.9 Å². The van der Waals surface area contributed by atoms with Crippen molar-refractivity contribution in [1.29, 1.82) is 0 Å². The highest BCUT2D eigenvalue weighted by Gasteiger charge is 2.25. The van der Waals surface area contributed by atoms with Crippen molar-refractivity contribution in [2.75, 3.05) is 42.7 Å². The number of ether oxygens (including phenoxy) is 6. The highest BCUT2D eigenvalue weighted by Crippen LogP contribution is 2.41. The van der Waals surface area contributed by atoms with Gasteiger partial charge in [0.15, 0.2) is 23.0 Å². The Morgan fingerprint density at radius 3 is 1.23 bits per heavy atom. The van der Waals surface area contributed by atoms with Crippen LogP contribution in [0.25, 0.3) is 0 Å². The summed E-state index contributed by atoms with van der Waals surface area (Å²) in [7, 11) is 9.94. The molecular formula is C38H46O6. The molecule has 0 aliphatic carbocycles. The number of hydrogen-bond donors (Lipinski definition) is 0. The second-order valence-corrected chi connectivity index (χ2v) is 11.1. The van der Waals surface area contributed by atoms with Crippen LogP contribution >= 0.6 is 0 Å². The Balaban J connectivity index is 1.65. The summed E-state index contributed by atoms with van der Waals surface area (Å²) in [4.78, 5) is 0. The lowest BCUT2D eigenvalue weighted by molar-refractivity contribution is 0.296. The van der Waals surface area contributed by atoms with Crippen LogP contribution in [0.5, 0.6) is 34.5 Å². The van der Waals surface area contributed by atoms with Crippen molar-refractivity contribution >= 4 is 0 Å². The van der Waals surface area contributed by atoms with E-state index in [1.165, 1.54) is 22.3 Å². The molecule has 0 heterocycles. The Morgan fingerprint density at radius 1 is 0.432 bits per heavy atom. The molecule has 0 unspecified atom stereocenters. The summed E-state index contributed by atoms with van der Waals surface area (Å²) >= 11 is 0. The van der Waals surface area contributed by atoms with Crippen molar-refractivity contribution in [3.63, 3.8) is 0 Å². The summed E-state index contributed by atoms with van der Waals surface area (Å²) in [6, 6.07) is 29.9. The molecular weight excluding hydrogens is 552 g/mol. The summed E-state index contributed by atoms with van der Waals surface area (Å²) in [5.41, 5.74) is 5.03. The topological polar surface area (TPSA) is 55.4 Å². The summed E-state index contributed by atoms with van der Waals surface area (Å²) in [6.45, 7) is 0. The zero-order chi connectivity index (χ0) is 31.3. The van der Waals surface area contributed by atoms with E-state index in [1.807, 2.05) is 0 Å². The number of methoxy groups -OCH3 is 6. The molecule has 6 nitrogen and oxygen atoms in total. The molecule has 4 aromatic carbocycles. The minimum atomic E-state index is 0.375. The van der Waals surface area contributed by atoms with Gasteiger partial charge in [0.25, 0.3) is 0 Å². The molecule has 2 atom stereocenters. The van der Waals surface area contributed by atoms with E-state index >= 15 is 0 Å². The third-order valence-electron chi connectivity index (χ3n) is 8.34. The molecule has 44 heavy (non-hydrogen) atoms. The highest BCUT2D eigenvalue weighted by atomic mass is 16.5. The van der Waals surface area contributed by atoms with Gasteiger partial charge in [-0.3, -0.25) is 0 Å². The van der Waals surface area contributed by atoms with Gasteiger partial charge >= 0.3 is 0 Å². The molecule has 0 saturated carbocycles. The fraction of sp³-hybridized carbons (Fsp3) is 0.368. The number of rotatable bonds is 17. The van der Waals surface area contributed by atoms with Gasteiger partial charge < -0.3 is 28.4 Å². The van der Waals surface area contributed by atoms with Crippen LogP contribution in [0.3, 0.4) is 0 Å². The first kappa shape index (κ1) is 32.6. The van der Waals surface area contributed by atoms with E-state index in [9.17, 15) is 0 Å². The number of aryl methyl sites for hydroxylation is 1. The van der Waals surface area contributed by atoms with Crippen LogP contribution in [0, 0.1) is 11.8 Å². The molecule has 0 saturated heterocycles. The van der Waals surface area contributed by atoms with Crippen LogP contribution in [-0.4, -0.2) is 42.7 Å². The fourth-order valence-corrected chi connectivity index (χ4v) is 6.15. The van der Waals surface area contributed by atoms with Crippen molar-refractivity contribution in [1.82, 2.24) is 0 Å². The summed E-state index contributed by atoms with van der Waals surface area (Å²) in [5, 5.41) is 0. The van der Waals surface area contributed by atoms with Crippen molar-refractivity contribution in [2.24, 2.45) is 11.8 Å². The van der Waals surface area contributed by atoms with Crippen LogP contribution in [0.15, 0.2) is 84.9 Å². The standard InChI is InChI=1S/C38H46O6/c1-39-33-23-29(24-34(40-2)37(33)43-5)18-13-19-31(20-27-14-9-7-10-15-27)32(21-28-16-11-8-12-17-28)22-30-25-35(41-3)38(44-6)36(26-30)42-4/h7-12,14-17,23-26,31-32H,13,18-22H2,1-6H3/t31-,32+/m0/s1. The Morgan fingerprint density at radius 2 is 0.818 bits per heavy atom. The average Bonchev–Trinajstić information content (AvgIpc) is 3.07. The predicted octanol–water partition coefficient (Wildman–Crippen LogP) is 8.02. The van der Waals surface area contributed by atoms with Gasteiger partial charge in [-0.15, -0.1) is 0 Å². The minimum absolute atomic E-state index is 0.375. The molecule has 0 amide bonds. The summed E-state index contributed by atoms with van der Waals surface area (Å²) in [6.07, 6.45) is 5.85. The Hall–Kier alpha value is -4.32. The molecule has 4 rings (SSSR count). The lowest BCUT2D eigenvalue weighted by Gasteiger charge is -2.29. The second-order valence-electron chi connectivity index (χ2n) is 11.1. The maximum Gasteiger partial charge on any atom is 0.203 e. The van der Waals surface area contributed by atoms with E-state index < -0.39 is 0 Å². The molecule has 0 spiro atoms. The predicted molar refractivity (Wildman–Crippen MR) is 176 cm³/mol. The van der Waals surface area contributed by atoms with E-state index in [-0.39, 0.29) is 0 Å². The van der Waals surface area contributed by atoms with Crippen LogP contribution < -0.4 is 28.4 Å². The largest absolute Gasteiger partial charge is 0.493 e. The molecule has 0 N–H and O–H groups in total.